The fraction of sp³-hybridized carbons (Fsp3) is 0.222. The quantitative estimate of drug-likeness (QED) is 0.806. The molecule has 0 saturated carbocycles. The lowest BCUT2D eigenvalue weighted by molar-refractivity contribution is 0.176. The van der Waals surface area contributed by atoms with Gasteiger partial charge in [-0.05, 0) is 34.5 Å². The summed E-state index contributed by atoms with van der Waals surface area (Å²) in [7, 11) is 0. The molecular weight excluding hydrogens is 218 g/mol. The third kappa shape index (κ3) is 2.16. The summed E-state index contributed by atoms with van der Waals surface area (Å²) in [6, 6.07) is 3.67. The van der Waals surface area contributed by atoms with E-state index in [1.807, 2.05) is 12.1 Å². The van der Waals surface area contributed by atoms with Crippen molar-refractivity contribution in [1.29, 1.82) is 0 Å². The van der Waals surface area contributed by atoms with Crippen LogP contribution in [0.25, 0.3) is 0 Å². The van der Waals surface area contributed by atoms with Gasteiger partial charge in [0.25, 0.3) is 0 Å². The summed E-state index contributed by atoms with van der Waals surface area (Å²) in [5.41, 5.74) is 0.664. The van der Waals surface area contributed by atoms with Crippen molar-refractivity contribution in [3.63, 3.8) is 0 Å². The summed E-state index contributed by atoms with van der Waals surface area (Å²) in [6.07, 6.45) is 3.30. The van der Waals surface area contributed by atoms with Crippen LogP contribution in [0.5, 0.6) is 0 Å². The molecule has 12 heavy (non-hydrogen) atoms. The van der Waals surface area contributed by atoms with Gasteiger partial charge in [-0.2, -0.15) is 0 Å². The van der Waals surface area contributed by atoms with E-state index in [0.717, 1.165) is 4.47 Å². The Bertz CT molecular complexity index is 275. The maximum absolute atomic E-state index is 9.54. The highest BCUT2D eigenvalue weighted by atomic mass is 79.9. The zero-order chi connectivity index (χ0) is 8.97. The van der Waals surface area contributed by atoms with Crippen molar-refractivity contribution < 1.29 is 5.11 Å². The number of hydrogen-bond acceptors (Lipinski definition) is 2. The van der Waals surface area contributed by atoms with Crippen LogP contribution in [0.3, 0.4) is 0 Å². The highest BCUT2D eigenvalue weighted by molar-refractivity contribution is 9.10. The smallest absolute Gasteiger partial charge is 0.100 e. The van der Waals surface area contributed by atoms with Gasteiger partial charge in [-0.15, -0.1) is 6.58 Å². The lowest BCUT2D eigenvalue weighted by Crippen LogP contribution is -1.99. The average molecular weight is 228 g/mol. The van der Waals surface area contributed by atoms with Gasteiger partial charge in [0.2, 0.25) is 0 Å². The number of aliphatic hydroxyl groups excluding tert-OH is 1. The lowest BCUT2D eigenvalue weighted by Gasteiger charge is -2.08. The molecule has 0 aromatic carbocycles. The van der Waals surface area contributed by atoms with E-state index in [9.17, 15) is 5.11 Å². The van der Waals surface area contributed by atoms with Crippen LogP contribution in [0.1, 0.15) is 18.2 Å². The van der Waals surface area contributed by atoms with Crippen LogP contribution in [0.15, 0.2) is 35.5 Å². The van der Waals surface area contributed by atoms with Crippen molar-refractivity contribution in [2.24, 2.45) is 0 Å². The number of hydrogen-bond donors (Lipinski definition) is 1. The summed E-state index contributed by atoms with van der Waals surface area (Å²) in [6.45, 7) is 3.55. The number of nitrogens with zero attached hydrogens (tertiary/aromatic N) is 1. The molecule has 0 radical (unpaired) electrons. The topological polar surface area (TPSA) is 33.1 Å². The average Bonchev–Trinajstić information content (AvgIpc) is 2.05. The van der Waals surface area contributed by atoms with Gasteiger partial charge in [0.1, 0.15) is 6.10 Å². The number of pyridine rings is 1. The summed E-state index contributed by atoms with van der Waals surface area (Å²) in [5.74, 6) is 0. The van der Waals surface area contributed by atoms with Gasteiger partial charge < -0.3 is 5.11 Å². The zero-order valence-corrected chi connectivity index (χ0v) is 8.16. The molecule has 3 heteroatoms. The van der Waals surface area contributed by atoms with Crippen molar-refractivity contribution in [3.05, 3.63) is 41.2 Å². The molecule has 0 saturated heterocycles. The molecule has 0 spiro atoms. The first-order chi connectivity index (χ1) is 5.75. The first kappa shape index (κ1) is 9.42. The van der Waals surface area contributed by atoms with E-state index in [1.54, 1.807) is 12.3 Å². The van der Waals surface area contributed by atoms with Crippen LogP contribution in [0, 0.1) is 0 Å². The second-order valence-corrected chi connectivity index (χ2v) is 3.26. The summed E-state index contributed by atoms with van der Waals surface area (Å²) in [5, 5.41) is 9.54. The Balaban J connectivity index is 2.86. The Morgan fingerprint density at radius 3 is 3.08 bits per heavy atom. The van der Waals surface area contributed by atoms with E-state index in [0.29, 0.717) is 12.1 Å². The van der Waals surface area contributed by atoms with Crippen LogP contribution in [0.2, 0.25) is 0 Å². The minimum Gasteiger partial charge on any atom is -0.386 e. The fourth-order valence-electron chi connectivity index (χ4n) is 0.913. The van der Waals surface area contributed by atoms with Gasteiger partial charge in [-0.25, -0.2) is 0 Å². The third-order valence-electron chi connectivity index (χ3n) is 1.49. The second kappa shape index (κ2) is 4.38. The predicted octanol–water partition coefficient (Wildman–Crippen LogP) is 2.45. The van der Waals surface area contributed by atoms with Crippen LogP contribution < -0.4 is 0 Å². The maximum atomic E-state index is 9.54. The largest absolute Gasteiger partial charge is 0.386 e. The molecule has 1 heterocycles. The number of aliphatic hydroxyl groups is 1. The standard InChI is InChI=1S/C9H10BrNO/c1-2-4-8(12)9-7(10)5-3-6-11-9/h2-3,5-6,8,12H,1,4H2. The molecule has 1 atom stereocenters. The number of aromatic nitrogens is 1. The van der Waals surface area contributed by atoms with Crippen molar-refractivity contribution in [2.75, 3.05) is 0 Å². The van der Waals surface area contributed by atoms with E-state index < -0.39 is 6.10 Å². The van der Waals surface area contributed by atoms with Crippen LogP contribution in [0.4, 0.5) is 0 Å². The molecule has 64 valence electrons. The normalized spacial score (nSPS) is 12.5. The van der Waals surface area contributed by atoms with Gasteiger partial charge in [-0.3, -0.25) is 4.98 Å². The van der Waals surface area contributed by atoms with Gasteiger partial charge in [0, 0.05) is 10.7 Å². The Hall–Kier alpha value is -0.670. The van der Waals surface area contributed by atoms with Crippen LogP contribution in [-0.2, 0) is 0 Å². The highest BCUT2D eigenvalue weighted by Gasteiger charge is 2.09. The third-order valence-corrected chi connectivity index (χ3v) is 2.16. The van der Waals surface area contributed by atoms with E-state index in [2.05, 4.69) is 27.5 Å². The lowest BCUT2D eigenvalue weighted by atomic mass is 10.2. The molecule has 0 bridgehead atoms. The van der Waals surface area contributed by atoms with E-state index in [4.69, 9.17) is 0 Å². The molecule has 1 unspecified atom stereocenters. The van der Waals surface area contributed by atoms with Gasteiger partial charge in [-0.1, -0.05) is 6.08 Å². The molecule has 0 fully saturated rings. The monoisotopic (exact) mass is 227 g/mol. The van der Waals surface area contributed by atoms with E-state index in [1.165, 1.54) is 0 Å². The van der Waals surface area contributed by atoms with Crippen molar-refractivity contribution >= 4 is 15.9 Å². The predicted molar refractivity (Wildman–Crippen MR) is 51.7 cm³/mol. The van der Waals surface area contributed by atoms with Crippen molar-refractivity contribution in [1.82, 2.24) is 4.98 Å². The van der Waals surface area contributed by atoms with E-state index >= 15 is 0 Å². The molecule has 0 amide bonds. The zero-order valence-electron chi connectivity index (χ0n) is 6.57. The number of rotatable bonds is 3. The second-order valence-electron chi connectivity index (χ2n) is 2.41. The SMILES string of the molecule is C=CCC(O)c1ncccc1Br. The van der Waals surface area contributed by atoms with Gasteiger partial charge >= 0.3 is 0 Å². The molecule has 0 aliphatic carbocycles. The molecule has 0 aliphatic rings. The van der Waals surface area contributed by atoms with Crippen LogP contribution >= 0.6 is 15.9 Å². The minimum absolute atomic E-state index is 0.523. The molecule has 1 aromatic heterocycles. The Morgan fingerprint density at radius 1 is 1.75 bits per heavy atom. The summed E-state index contributed by atoms with van der Waals surface area (Å²) in [4.78, 5) is 4.05. The van der Waals surface area contributed by atoms with E-state index in [-0.39, 0.29) is 0 Å². The molecule has 1 N–H and O–H groups in total. The fourth-order valence-corrected chi connectivity index (χ4v) is 1.43. The highest BCUT2D eigenvalue weighted by Crippen LogP contribution is 2.22. The molecule has 1 rings (SSSR count). The molecule has 1 aromatic rings. The minimum atomic E-state index is -0.557. The van der Waals surface area contributed by atoms with Gasteiger partial charge in [0.15, 0.2) is 0 Å². The number of halogens is 1. The van der Waals surface area contributed by atoms with Gasteiger partial charge in [0.05, 0.1) is 5.69 Å². The molecule has 0 aliphatic heterocycles. The summed E-state index contributed by atoms with van der Waals surface area (Å²) < 4.78 is 0.833. The Kier molecular flexibility index (Phi) is 3.44. The molecular formula is C9H10BrNO. The first-order valence-electron chi connectivity index (χ1n) is 3.65. The van der Waals surface area contributed by atoms with Crippen molar-refractivity contribution in [2.45, 2.75) is 12.5 Å². The summed E-state index contributed by atoms with van der Waals surface area (Å²) >= 11 is 3.31. The maximum Gasteiger partial charge on any atom is 0.100 e. The van der Waals surface area contributed by atoms with Crippen LogP contribution in [-0.4, -0.2) is 10.1 Å². The Labute approximate surface area is 80.1 Å². The Morgan fingerprint density at radius 2 is 2.50 bits per heavy atom. The molecule has 2 nitrogen and oxygen atoms in total. The first-order valence-corrected chi connectivity index (χ1v) is 4.44. The van der Waals surface area contributed by atoms with Crippen molar-refractivity contribution in [3.8, 4) is 0 Å².